The van der Waals surface area contributed by atoms with Crippen LogP contribution in [0.2, 0.25) is 0 Å². The van der Waals surface area contributed by atoms with Gasteiger partial charge in [-0.2, -0.15) is 0 Å². The van der Waals surface area contributed by atoms with Crippen molar-refractivity contribution in [3.63, 3.8) is 0 Å². The molecule has 0 bridgehead atoms. The maximum absolute atomic E-state index is 13.4. The van der Waals surface area contributed by atoms with Crippen molar-refractivity contribution in [3.8, 4) is 5.75 Å². The van der Waals surface area contributed by atoms with Crippen LogP contribution < -0.4 is 10.1 Å². The molecule has 21 heavy (non-hydrogen) atoms. The van der Waals surface area contributed by atoms with Crippen LogP contribution in [0.15, 0.2) is 48.8 Å². The normalized spacial score (nSPS) is 10.6. The number of anilines is 1. The van der Waals surface area contributed by atoms with Crippen LogP contribution in [-0.4, -0.2) is 17.1 Å². The molecule has 0 atom stereocenters. The summed E-state index contributed by atoms with van der Waals surface area (Å²) in [5, 5.41) is 3.87. The quantitative estimate of drug-likeness (QED) is 0.797. The Morgan fingerprint density at radius 1 is 1.14 bits per heavy atom. The Bertz CT molecular complexity index is 776. The van der Waals surface area contributed by atoms with E-state index >= 15 is 0 Å². The highest BCUT2D eigenvalue weighted by molar-refractivity contribution is 5.88. The largest absolute Gasteiger partial charge is 0.496 e. The van der Waals surface area contributed by atoms with Gasteiger partial charge < -0.3 is 10.1 Å². The van der Waals surface area contributed by atoms with E-state index in [0.717, 1.165) is 11.3 Å². The average molecular weight is 283 g/mol. The zero-order chi connectivity index (χ0) is 14.7. The van der Waals surface area contributed by atoms with E-state index in [-0.39, 0.29) is 5.82 Å². The van der Waals surface area contributed by atoms with Gasteiger partial charge >= 0.3 is 0 Å². The zero-order valence-electron chi connectivity index (χ0n) is 11.5. The Labute approximate surface area is 121 Å². The molecule has 3 aromatic rings. The molecule has 0 amide bonds. The third-order valence-corrected chi connectivity index (χ3v) is 3.24. The fraction of sp³-hybridized carbons (Fsp3) is 0.125. The van der Waals surface area contributed by atoms with E-state index in [2.05, 4.69) is 15.3 Å². The number of benzene rings is 2. The van der Waals surface area contributed by atoms with Gasteiger partial charge in [-0.1, -0.05) is 18.2 Å². The van der Waals surface area contributed by atoms with Gasteiger partial charge in [0.05, 0.1) is 12.6 Å². The summed E-state index contributed by atoms with van der Waals surface area (Å²) in [6.07, 6.45) is 1.46. The molecule has 1 N–H and O–H groups in total. The van der Waals surface area contributed by atoms with Crippen LogP contribution in [0.1, 0.15) is 5.56 Å². The van der Waals surface area contributed by atoms with Gasteiger partial charge in [0.15, 0.2) is 0 Å². The summed E-state index contributed by atoms with van der Waals surface area (Å²) in [5.41, 5.74) is 1.71. The Balaban J connectivity index is 1.90. The SMILES string of the molecule is COc1ccccc1CNc1ncnc2ccc(F)cc12. The summed E-state index contributed by atoms with van der Waals surface area (Å²) < 4.78 is 18.7. The molecular weight excluding hydrogens is 269 g/mol. The van der Waals surface area contributed by atoms with Crippen molar-refractivity contribution in [3.05, 3.63) is 60.2 Å². The lowest BCUT2D eigenvalue weighted by atomic mass is 10.2. The lowest BCUT2D eigenvalue weighted by Gasteiger charge is -2.11. The van der Waals surface area contributed by atoms with Crippen LogP contribution in [0.4, 0.5) is 10.2 Å². The fourth-order valence-corrected chi connectivity index (χ4v) is 2.20. The number of hydrogen-bond acceptors (Lipinski definition) is 4. The highest BCUT2D eigenvalue weighted by Crippen LogP contribution is 2.23. The van der Waals surface area contributed by atoms with E-state index in [0.29, 0.717) is 23.3 Å². The van der Waals surface area contributed by atoms with Gasteiger partial charge in [-0.15, -0.1) is 0 Å². The number of rotatable bonds is 4. The first-order valence-electron chi connectivity index (χ1n) is 6.54. The lowest BCUT2D eigenvalue weighted by Crippen LogP contribution is -2.04. The molecule has 0 saturated carbocycles. The molecule has 0 aliphatic heterocycles. The minimum absolute atomic E-state index is 0.308. The molecule has 5 heteroatoms. The van der Waals surface area contributed by atoms with E-state index in [4.69, 9.17) is 4.74 Å². The van der Waals surface area contributed by atoms with Gasteiger partial charge in [-0.3, -0.25) is 0 Å². The molecule has 0 aliphatic carbocycles. The maximum Gasteiger partial charge on any atom is 0.137 e. The highest BCUT2D eigenvalue weighted by Gasteiger charge is 2.06. The van der Waals surface area contributed by atoms with Crippen molar-refractivity contribution in [1.29, 1.82) is 0 Å². The summed E-state index contributed by atoms with van der Waals surface area (Å²) in [6.45, 7) is 0.534. The number of fused-ring (bicyclic) bond motifs is 1. The van der Waals surface area contributed by atoms with Crippen molar-refractivity contribution in [1.82, 2.24) is 9.97 Å². The summed E-state index contributed by atoms with van der Waals surface area (Å²) in [7, 11) is 1.63. The van der Waals surface area contributed by atoms with E-state index in [1.165, 1.54) is 18.5 Å². The van der Waals surface area contributed by atoms with E-state index < -0.39 is 0 Å². The van der Waals surface area contributed by atoms with Gasteiger partial charge in [0.2, 0.25) is 0 Å². The Hall–Kier alpha value is -2.69. The van der Waals surface area contributed by atoms with E-state index in [9.17, 15) is 4.39 Å². The van der Waals surface area contributed by atoms with E-state index in [1.807, 2.05) is 24.3 Å². The highest BCUT2D eigenvalue weighted by atomic mass is 19.1. The molecule has 0 radical (unpaired) electrons. The standard InChI is InChI=1S/C16H14FN3O/c1-21-15-5-3-2-4-11(15)9-18-16-13-8-12(17)6-7-14(13)19-10-20-16/h2-8,10H,9H2,1H3,(H,18,19,20). The van der Waals surface area contributed by atoms with Gasteiger partial charge in [-0.05, 0) is 24.3 Å². The molecule has 2 aromatic carbocycles. The molecule has 0 fully saturated rings. The third-order valence-electron chi connectivity index (χ3n) is 3.24. The molecule has 0 aliphatic rings. The van der Waals surface area contributed by atoms with Crippen LogP contribution in [0.3, 0.4) is 0 Å². The topological polar surface area (TPSA) is 47.0 Å². The minimum atomic E-state index is -0.308. The van der Waals surface area contributed by atoms with Gasteiger partial charge in [0.25, 0.3) is 0 Å². The molecule has 0 spiro atoms. The molecule has 4 nitrogen and oxygen atoms in total. The van der Waals surface area contributed by atoms with Crippen molar-refractivity contribution in [2.24, 2.45) is 0 Å². The average Bonchev–Trinajstić information content (AvgIpc) is 2.53. The van der Waals surface area contributed by atoms with E-state index in [1.54, 1.807) is 13.2 Å². The second kappa shape index (κ2) is 5.75. The summed E-state index contributed by atoms with van der Waals surface area (Å²) in [6, 6.07) is 12.2. The predicted octanol–water partition coefficient (Wildman–Crippen LogP) is 3.39. The van der Waals surface area contributed by atoms with Crippen LogP contribution >= 0.6 is 0 Å². The molecule has 3 rings (SSSR count). The fourth-order valence-electron chi connectivity index (χ4n) is 2.20. The number of aromatic nitrogens is 2. The lowest BCUT2D eigenvalue weighted by molar-refractivity contribution is 0.410. The summed E-state index contributed by atoms with van der Waals surface area (Å²) in [5.74, 6) is 1.09. The number of para-hydroxylation sites is 1. The number of nitrogens with one attached hydrogen (secondary N) is 1. The zero-order valence-corrected chi connectivity index (χ0v) is 11.5. The van der Waals surface area contributed by atoms with Crippen molar-refractivity contribution in [2.75, 3.05) is 12.4 Å². The molecule has 106 valence electrons. The van der Waals surface area contributed by atoms with Gasteiger partial charge in [0.1, 0.15) is 23.7 Å². The van der Waals surface area contributed by atoms with Crippen molar-refractivity contribution < 1.29 is 9.13 Å². The summed E-state index contributed by atoms with van der Waals surface area (Å²) in [4.78, 5) is 8.32. The molecule has 0 unspecified atom stereocenters. The van der Waals surface area contributed by atoms with Crippen LogP contribution in [0, 0.1) is 5.82 Å². The number of ether oxygens (including phenoxy) is 1. The first-order valence-corrected chi connectivity index (χ1v) is 6.54. The Morgan fingerprint density at radius 3 is 2.86 bits per heavy atom. The molecule has 0 saturated heterocycles. The first kappa shape index (κ1) is 13.3. The molecular formula is C16H14FN3O. The van der Waals surface area contributed by atoms with Gasteiger partial charge in [0, 0.05) is 17.5 Å². The second-order valence-electron chi connectivity index (χ2n) is 4.55. The van der Waals surface area contributed by atoms with Crippen LogP contribution in [0.5, 0.6) is 5.75 Å². The Morgan fingerprint density at radius 2 is 2.00 bits per heavy atom. The van der Waals surface area contributed by atoms with Crippen molar-refractivity contribution >= 4 is 16.7 Å². The van der Waals surface area contributed by atoms with Crippen molar-refractivity contribution in [2.45, 2.75) is 6.54 Å². The predicted molar refractivity (Wildman–Crippen MR) is 79.8 cm³/mol. The second-order valence-corrected chi connectivity index (χ2v) is 4.55. The number of halogens is 1. The minimum Gasteiger partial charge on any atom is -0.496 e. The Kier molecular flexibility index (Phi) is 3.64. The number of methoxy groups -OCH3 is 1. The molecule has 1 aromatic heterocycles. The number of nitrogens with zero attached hydrogens (tertiary/aromatic N) is 2. The number of hydrogen-bond donors (Lipinski definition) is 1. The van der Waals surface area contributed by atoms with Gasteiger partial charge in [-0.25, -0.2) is 14.4 Å². The molecule has 1 heterocycles. The van der Waals surface area contributed by atoms with Crippen LogP contribution in [-0.2, 0) is 6.54 Å². The monoisotopic (exact) mass is 283 g/mol. The maximum atomic E-state index is 13.4. The smallest absolute Gasteiger partial charge is 0.137 e. The third kappa shape index (κ3) is 2.76. The first-order chi connectivity index (χ1) is 10.3. The summed E-state index contributed by atoms with van der Waals surface area (Å²) >= 11 is 0. The van der Waals surface area contributed by atoms with Crippen LogP contribution in [0.25, 0.3) is 10.9 Å².